The molecule has 0 radical (unpaired) electrons. The molecular formula is C19H28N4O. The summed E-state index contributed by atoms with van der Waals surface area (Å²) in [6.45, 7) is 4.12. The first-order chi connectivity index (χ1) is 11.5. The molecule has 1 amide bonds. The Labute approximate surface area is 144 Å². The normalized spacial score (nSPS) is 16.2. The van der Waals surface area contributed by atoms with Crippen LogP contribution < -0.4 is 0 Å². The van der Waals surface area contributed by atoms with Gasteiger partial charge in [-0.1, -0.05) is 25.7 Å². The van der Waals surface area contributed by atoms with Crippen molar-refractivity contribution in [2.45, 2.75) is 58.4 Å². The number of aryl methyl sites for hydroxylation is 3. The number of hydrogen-bond donors (Lipinski definition) is 0. The van der Waals surface area contributed by atoms with Crippen molar-refractivity contribution in [3.8, 4) is 5.82 Å². The summed E-state index contributed by atoms with van der Waals surface area (Å²) < 4.78 is 3.91. The van der Waals surface area contributed by atoms with Gasteiger partial charge in [0.15, 0.2) is 0 Å². The molecule has 2 aromatic rings. The average Bonchev–Trinajstić information content (AvgIpc) is 2.97. The van der Waals surface area contributed by atoms with Crippen LogP contribution in [0.15, 0.2) is 18.3 Å². The third-order valence-corrected chi connectivity index (χ3v) is 5.31. The van der Waals surface area contributed by atoms with Crippen molar-refractivity contribution in [3.63, 3.8) is 0 Å². The van der Waals surface area contributed by atoms with Crippen LogP contribution in [0.3, 0.4) is 0 Å². The molecule has 1 aliphatic carbocycles. The zero-order valence-electron chi connectivity index (χ0n) is 15.2. The van der Waals surface area contributed by atoms with Crippen LogP contribution in [0, 0.1) is 13.8 Å². The molecule has 2 heterocycles. The number of rotatable bonds is 3. The minimum atomic E-state index is 0.0810. The van der Waals surface area contributed by atoms with Crippen molar-refractivity contribution in [2.24, 2.45) is 7.05 Å². The van der Waals surface area contributed by atoms with Gasteiger partial charge in [-0.2, -0.15) is 5.10 Å². The highest BCUT2D eigenvalue weighted by Gasteiger charge is 2.27. The number of carbonyl (C=O) groups excluding carboxylic acids is 1. The molecule has 24 heavy (non-hydrogen) atoms. The third-order valence-electron chi connectivity index (χ3n) is 5.31. The number of nitrogens with zero attached hydrogens (tertiary/aromatic N) is 4. The van der Waals surface area contributed by atoms with Gasteiger partial charge in [0.25, 0.3) is 5.91 Å². The van der Waals surface area contributed by atoms with Crippen LogP contribution in [-0.4, -0.2) is 38.2 Å². The Hall–Kier alpha value is -2.04. The molecule has 1 aliphatic rings. The molecule has 5 nitrogen and oxygen atoms in total. The Morgan fingerprint density at radius 1 is 1.12 bits per heavy atom. The zero-order valence-corrected chi connectivity index (χ0v) is 15.2. The number of hydrogen-bond acceptors (Lipinski definition) is 2. The van der Waals surface area contributed by atoms with E-state index < -0.39 is 0 Å². The van der Waals surface area contributed by atoms with E-state index in [1.165, 1.54) is 25.7 Å². The van der Waals surface area contributed by atoms with Gasteiger partial charge in [-0.25, -0.2) is 0 Å². The quantitative estimate of drug-likeness (QED) is 0.808. The third kappa shape index (κ3) is 2.99. The summed E-state index contributed by atoms with van der Waals surface area (Å²) in [5, 5.41) is 4.37. The lowest BCUT2D eigenvalue weighted by molar-refractivity contribution is 0.0717. The van der Waals surface area contributed by atoms with E-state index in [0.29, 0.717) is 11.6 Å². The van der Waals surface area contributed by atoms with E-state index >= 15 is 0 Å². The van der Waals surface area contributed by atoms with Crippen LogP contribution >= 0.6 is 0 Å². The number of carbonyl (C=O) groups is 1. The largest absolute Gasteiger partial charge is 0.339 e. The summed E-state index contributed by atoms with van der Waals surface area (Å²) in [7, 11) is 3.85. The molecule has 0 spiro atoms. The second-order valence-electron chi connectivity index (χ2n) is 7.02. The molecule has 0 aliphatic heterocycles. The molecule has 0 aromatic carbocycles. The number of amides is 1. The Kier molecular flexibility index (Phi) is 4.78. The van der Waals surface area contributed by atoms with Crippen molar-refractivity contribution >= 4 is 5.91 Å². The summed E-state index contributed by atoms with van der Waals surface area (Å²) in [5.41, 5.74) is 2.91. The van der Waals surface area contributed by atoms with E-state index in [2.05, 4.69) is 35.6 Å². The van der Waals surface area contributed by atoms with Gasteiger partial charge in [0.05, 0.1) is 6.20 Å². The van der Waals surface area contributed by atoms with Gasteiger partial charge in [-0.15, -0.1) is 0 Å². The Balaban J connectivity index is 1.94. The Morgan fingerprint density at radius 2 is 1.71 bits per heavy atom. The van der Waals surface area contributed by atoms with Gasteiger partial charge in [-0.05, 0) is 38.8 Å². The van der Waals surface area contributed by atoms with Gasteiger partial charge in [0, 0.05) is 31.5 Å². The first-order valence-corrected chi connectivity index (χ1v) is 8.95. The van der Waals surface area contributed by atoms with Crippen molar-refractivity contribution in [1.29, 1.82) is 0 Å². The molecular weight excluding hydrogens is 300 g/mol. The SMILES string of the molecule is Cc1ccc(C)n1-c1c(C(=O)N(C)C2CCCCCC2)cnn1C. The first-order valence-electron chi connectivity index (χ1n) is 8.95. The zero-order chi connectivity index (χ0) is 17.3. The molecule has 0 saturated heterocycles. The van der Waals surface area contributed by atoms with Gasteiger partial charge < -0.3 is 9.47 Å². The lowest BCUT2D eigenvalue weighted by Crippen LogP contribution is -2.37. The van der Waals surface area contributed by atoms with E-state index in [1.54, 1.807) is 10.9 Å². The predicted molar refractivity (Wildman–Crippen MR) is 95.6 cm³/mol. The highest BCUT2D eigenvalue weighted by atomic mass is 16.2. The van der Waals surface area contributed by atoms with E-state index in [4.69, 9.17) is 0 Å². The maximum atomic E-state index is 13.2. The van der Waals surface area contributed by atoms with Crippen LogP contribution in [0.2, 0.25) is 0 Å². The van der Waals surface area contributed by atoms with Crippen LogP contribution in [0.5, 0.6) is 0 Å². The molecule has 0 bridgehead atoms. The van der Waals surface area contributed by atoms with Gasteiger partial charge in [-0.3, -0.25) is 9.48 Å². The average molecular weight is 328 g/mol. The van der Waals surface area contributed by atoms with E-state index in [9.17, 15) is 4.79 Å². The van der Waals surface area contributed by atoms with Crippen LogP contribution in [0.25, 0.3) is 5.82 Å². The summed E-state index contributed by atoms with van der Waals surface area (Å²) in [6, 6.07) is 4.50. The molecule has 0 unspecified atom stereocenters. The second kappa shape index (κ2) is 6.83. The van der Waals surface area contributed by atoms with Gasteiger partial charge in [0.1, 0.15) is 11.4 Å². The van der Waals surface area contributed by atoms with Crippen molar-refractivity contribution in [3.05, 3.63) is 35.3 Å². The van der Waals surface area contributed by atoms with E-state index in [0.717, 1.165) is 30.0 Å². The van der Waals surface area contributed by atoms with Gasteiger partial charge >= 0.3 is 0 Å². The molecule has 0 atom stereocenters. The van der Waals surface area contributed by atoms with Crippen LogP contribution in [-0.2, 0) is 7.05 Å². The van der Waals surface area contributed by atoms with Crippen molar-refractivity contribution in [2.75, 3.05) is 7.05 Å². The summed E-state index contributed by atoms with van der Waals surface area (Å²) >= 11 is 0. The van der Waals surface area contributed by atoms with Crippen LogP contribution in [0.4, 0.5) is 0 Å². The highest BCUT2D eigenvalue weighted by Crippen LogP contribution is 2.25. The number of aromatic nitrogens is 3. The van der Waals surface area contributed by atoms with Crippen molar-refractivity contribution < 1.29 is 4.79 Å². The Morgan fingerprint density at radius 3 is 2.29 bits per heavy atom. The lowest BCUT2D eigenvalue weighted by atomic mass is 10.1. The molecule has 0 N–H and O–H groups in total. The maximum Gasteiger partial charge on any atom is 0.259 e. The molecule has 130 valence electrons. The summed E-state index contributed by atoms with van der Waals surface area (Å²) in [4.78, 5) is 15.1. The van der Waals surface area contributed by atoms with Crippen LogP contribution in [0.1, 0.15) is 60.3 Å². The summed E-state index contributed by atoms with van der Waals surface area (Å²) in [5.74, 6) is 0.943. The minimum Gasteiger partial charge on any atom is -0.339 e. The van der Waals surface area contributed by atoms with Gasteiger partial charge in [0.2, 0.25) is 0 Å². The van der Waals surface area contributed by atoms with E-state index in [-0.39, 0.29) is 5.91 Å². The molecule has 3 rings (SSSR count). The smallest absolute Gasteiger partial charge is 0.259 e. The first kappa shape index (κ1) is 16.8. The maximum absolute atomic E-state index is 13.2. The topological polar surface area (TPSA) is 43.1 Å². The molecule has 1 fully saturated rings. The molecule has 5 heteroatoms. The predicted octanol–water partition coefficient (Wildman–Crippen LogP) is 3.62. The molecule has 2 aromatic heterocycles. The highest BCUT2D eigenvalue weighted by molar-refractivity contribution is 5.97. The van der Waals surface area contributed by atoms with E-state index in [1.807, 2.05) is 19.0 Å². The fourth-order valence-corrected chi connectivity index (χ4v) is 3.85. The second-order valence-corrected chi connectivity index (χ2v) is 7.02. The minimum absolute atomic E-state index is 0.0810. The van der Waals surface area contributed by atoms with Crippen molar-refractivity contribution in [1.82, 2.24) is 19.2 Å². The lowest BCUT2D eigenvalue weighted by Gasteiger charge is -2.27. The fraction of sp³-hybridized carbons (Fsp3) is 0.579. The monoisotopic (exact) mass is 328 g/mol. The molecule has 1 saturated carbocycles. The Bertz CT molecular complexity index is 700. The fourth-order valence-electron chi connectivity index (χ4n) is 3.85. The standard InChI is InChI=1S/C19H28N4O/c1-14-11-12-15(2)23(14)18-17(13-20-22(18)4)19(24)21(3)16-9-7-5-6-8-10-16/h11-13,16H,5-10H2,1-4H3. The summed E-state index contributed by atoms with van der Waals surface area (Å²) in [6.07, 6.45) is 8.95.